The molecule has 3 heterocycles. The maximum Gasteiger partial charge on any atom is 0.262 e. The summed E-state index contributed by atoms with van der Waals surface area (Å²) in [6.45, 7) is 0. The standard InChI is InChI=1S/C20H12ClF2N5O2/c21-11-4-14-16(30-20(27-14)9-1-2-9)3-10(11)15-7-26-17(8-25-15)28-19(29)18-12(22)5-24-6-13(18)23/h3-9H,1-2H2,(H,26,28,29). The molecule has 30 heavy (non-hydrogen) atoms. The van der Waals surface area contributed by atoms with Gasteiger partial charge in [-0.2, -0.15) is 0 Å². The van der Waals surface area contributed by atoms with Crippen molar-refractivity contribution >= 4 is 34.4 Å². The summed E-state index contributed by atoms with van der Waals surface area (Å²) in [5.41, 5.74) is 1.54. The lowest BCUT2D eigenvalue weighted by Crippen LogP contribution is -2.17. The van der Waals surface area contributed by atoms with Crippen molar-refractivity contribution in [2.45, 2.75) is 18.8 Å². The highest BCUT2D eigenvalue weighted by Gasteiger charge is 2.29. The summed E-state index contributed by atoms with van der Waals surface area (Å²) >= 11 is 6.37. The summed E-state index contributed by atoms with van der Waals surface area (Å²) in [4.78, 5) is 28.3. The van der Waals surface area contributed by atoms with E-state index >= 15 is 0 Å². The molecule has 1 aliphatic carbocycles. The highest BCUT2D eigenvalue weighted by Crippen LogP contribution is 2.41. The van der Waals surface area contributed by atoms with Crippen LogP contribution < -0.4 is 5.32 Å². The Labute approximate surface area is 173 Å². The van der Waals surface area contributed by atoms with Crippen LogP contribution in [-0.2, 0) is 0 Å². The Morgan fingerprint density at radius 2 is 1.87 bits per heavy atom. The summed E-state index contributed by atoms with van der Waals surface area (Å²) < 4.78 is 33.2. The Bertz CT molecular complexity index is 1270. The van der Waals surface area contributed by atoms with E-state index in [4.69, 9.17) is 16.0 Å². The lowest BCUT2D eigenvalue weighted by atomic mass is 10.1. The number of benzene rings is 1. The van der Waals surface area contributed by atoms with Gasteiger partial charge in [-0.3, -0.25) is 14.8 Å². The monoisotopic (exact) mass is 427 g/mol. The maximum absolute atomic E-state index is 13.7. The lowest BCUT2D eigenvalue weighted by molar-refractivity contribution is 0.101. The zero-order chi connectivity index (χ0) is 20.8. The maximum atomic E-state index is 13.7. The van der Waals surface area contributed by atoms with Crippen LogP contribution in [0, 0.1) is 11.6 Å². The van der Waals surface area contributed by atoms with E-state index in [1.807, 2.05) is 0 Å². The smallest absolute Gasteiger partial charge is 0.262 e. The Hall–Kier alpha value is -3.46. The van der Waals surface area contributed by atoms with Crippen LogP contribution in [0.4, 0.5) is 14.6 Å². The number of nitrogens with zero attached hydrogens (tertiary/aromatic N) is 4. The molecule has 10 heteroatoms. The first kappa shape index (κ1) is 18.6. The molecular formula is C20H12ClF2N5O2. The van der Waals surface area contributed by atoms with Crippen molar-refractivity contribution in [1.29, 1.82) is 0 Å². The molecule has 150 valence electrons. The zero-order valence-corrected chi connectivity index (χ0v) is 16.0. The fourth-order valence-electron chi connectivity index (χ4n) is 3.01. The molecule has 5 rings (SSSR count). The van der Waals surface area contributed by atoms with Crippen molar-refractivity contribution in [3.63, 3.8) is 0 Å². The number of amides is 1. The average molecular weight is 428 g/mol. The van der Waals surface area contributed by atoms with Crippen LogP contribution in [0.3, 0.4) is 0 Å². The molecule has 0 aliphatic heterocycles. The Balaban J connectivity index is 1.41. The fourth-order valence-corrected chi connectivity index (χ4v) is 3.26. The normalized spacial score (nSPS) is 13.6. The topological polar surface area (TPSA) is 93.8 Å². The first-order chi connectivity index (χ1) is 14.5. The predicted molar refractivity (Wildman–Crippen MR) is 104 cm³/mol. The van der Waals surface area contributed by atoms with Crippen LogP contribution in [0.1, 0.15) is 35.0 Å². The molecule has 1 aromatic carbocycles. The third-order valence-corrected chi connectivity index (χ3v) is 4.98. The third-order valence-electron chi connectivity index (χ3n) is 4.67. The number of aromatic nitrogens is 4. The number of anilines is 1. The van der Waals surface area contributed by atoms with E-state index in [9.17, 15) is 13.6 Å². The molecular weight excluding hydrogens is 416 g/mol. The molecule has 0 unspecified atom stereocenters. The minimum absolute atomic E-state index is 0.0206. The summed E-state index contributed by atoms with van der Waals surface area (Å²) in [6.07, 6.45) is 6.30. The predicted octanol–water partition coefficient (Wildman–Crippen LogP) is 4.74. The van der Waals surface area contributed by atoms with Crippen LogP contribution in [-0.4, -0.2) is 25.8 Å². The molecule has 1 saturated carbocycles. The van der Waals surface area contributed by atoms with Gasteiger partial charge in [0.15, 0.2) is 28.9 Å². The number of halogens is 3. The SMILES string of the molecule is O=C(Nc1cnc(-c2cc3oc(C4CC4)nc3cc2Cl)cn1)c1c(F)cncc1F. The second-order valence-electron chi connectivity index (χ2n) is 6.85. The highest BCUT2D eigenvalue weighted by atomic mass is 35.5. The molecule has 0 bridgehead atoms. The van der Waals surface area contributed by atoms with E-state index in [0.717, 1.165) is 25.2 Å². The number of carbonyl (C=O) groups excluding carboxylic acids is 1. The summed E-state index contributed by atoms with van der Waals surface area (Å²) in [7, 11) is 0. The molecule has 0 saturated heterocycles. The van der Waals surface area contributed by atoms with Gasteiger partial charge in [-0.15, -0.1) is 0 Å². The number of pyridine rings is 1. The van der Waals surface area contributed by atoms with Crippen molar-refractivity contribution in [2.24, 2.45) is 0 Å². The lowest BCUT2D eigenvalue weighted by Gasteiger charge is -2.07. The van der Waals surface area contributed by atoms with Crippen LogP contribution in [0.2, 0.25) is 5.02 Å². The average Bonchev–Trinajstić information content (AvgIpc) is 3.48. The van der Waals surface area contributed by atoms with Gasteiger partial charge in [0.1, 0.15) is 11.1 Å². The molecule has 7 nitrogen and oxygen atoms in total. The van der Waals surface area contributed by atoms with Gasteiger partial charge in [-0.25, -0.2) is 18.7 Å². The molecule has 1 N–H and O–H groups in total. The second kappa shape index (κ2) is 7.10. The van der Waals surface area contributed by atoms with Crippen molar-refractivity contribution in [1.82, 2.24) is 19.9 Å². The summed E-state index contributed by atoms with van der Waals surface area (Å²) in [5, 5.41) is 2.73. The number of fused-ring (bicyclic) bond motifs is 1. The third kappa shape index (κ3) is 3.37. The van der Waals surface area contributed by atoms with E-state index in [-0.39, 0.29) is 5.82 Å². The largest absolute Gasteiger partial charge is 0.440 e. The molecule has 3 aromatic heterocycles. The van der Waals surface area contributed by atoms with E-state index < -0.39 is 23.1 Å². The quantitative estimate of drug-likeness (QED) is 0.505. The van der Waals surface area contributed by atoms with Gasteiger partial charge in [0, 0.05) is 11.5 Å². The zero-order valence-electron chi connectivity index (χ0n) is 15.2. The van der Waals surface area contributed by atoms with Gasteiger partial charge in [0.2, 0.25) is 0 Å². The second-order valence-corrected chi connectivity index (χ2v) is 7.25. The number of hydrogen-bond acceptors (Lipinski definition) is 6. The van der Waals surface area contributed by atoms with E-state index in [0.29, 0.717) is 39.2 Å². The van der Waals surface area contributed by atoms with Gasteiger partial charge < -0.3 is 9.73 Å². The summed E-state index contributed by atoms with van der Waals surface area (Å²) in [6, 6.07) is 3.44. The summed E-state index contributed by atoms with van der Waals surface area (Å²) in [5.74, 6) is -2.05. The van der Waals surface area contributed by atoms with E-state index in [1.165, 1.54) is 12.4 Å². The van der Waals surface area contributed by atoms with Gasteiger partial charge in [0.05, 0.1) is 35.5 Å². The number of hydrogen-bond donors (Lipinski definition) is 1. The molecule has 0 atom stereocenters. The molecule has 1 fully saturated rings. The first-order valence-corrected chi connectivity index (χ1v) is 9.40. The Morgan fingerprint density at radius 3 is 2.53 bits per heavy atom. The molecule has 4 aromatic rings. The number of nitrogens with one attached hydrogen (secondary N) is 1. The molecule has 1 amide bonds. The van der Waals surface area contributed by atoms with E-state index in [2.05, 4.69) is 25.3 Å². The van der Waals surface area contributed by atoms with Crippen LogP contribution in [0.5, 0.6) is 0 Å². The van der Waals surface area contributed by atoms with Crippen molar-refractivity contribution in [3.05, 3.63) is 65.0 Å². The van der Waals surface area contributed by atoms with E-state index in [1.54, 1.807) is 12.1 Å². The van der Waals surface area contributed by atoms with Crippen LogP contribution in [0.15, 0.2) is 41.3 Å². The van der Waals surface area contributed by atoms with Crippen molar-refractivity contribution in [2.75, 3.05) is 5.32 Å². The molecule has 0 spiro atoms. The van der Waals surface area contributed by atoms with Crippen molar-refractivity contribution in [3.8, 4) is 11.3 Å². The van der Waals surface area contributed by atoms with Gasteiger partial charge in [-0.1, -0.05) is 11.6 Å². The molecule has 1 aliphatic rings. The number of oxazole rings is 1. The van der Waals surface area contributed by atoms with Crippen molar-refractivity contribution < 1.29 is 18.0 Å². The first-order valence-electron chi connectivity index (χ1n) is 9.02. The van der Waals surface area contributed by atoms with Crippen LogP contribution in [0.25, 0.3) is 22.4 Å². The fraction of sp³-hybridized carbons (Fsp3) is 0.150. The molecule has 0 radical (unpaired) electrons. The highest BCUT2D eigenvalue weighted by molar-refractivity contribution is 6.34. The van der Waals surface area contributed by atoms with Gasteiger partial charge >= 0.3 is 0 Å². The Kier molecular flexibility index (Phi) is 4.39. The number of carbonyl (C=O) groups is 1. The van der Waals surface area contributed by atoms with Gasteiger partial charge in [-0.05, 0) is 25.0 Å². The minimum Gasteiger partial charge on any atom is -0.440 e. The minimum atomic E-state index is -1.07. The van der Waals surface area contributed by atoms with Crippen LogP contribution >= 0.6 is 11.6 Å². The Morgan fingerprint density at radius 1 is 1.10 bits per heavy atom. The van der Waals surface area contributed by atoms with Gasteiger partial charge in [0.25, 0.3) is 5.91 Å². The number of rotatable bonds is 4.